The van der Waals surface area contributed by atoms with Crippen LogP contribution in [0.1, 0.15) is 17.0 Å². The van der Waals surface area contributed by atoms with Gasteiger partial charge in [0, 0.05) is 15.9 Å². The van der Waals surface area contributed by atoms with Crippen LogP contribution in [0, 0.1) is 13.8 Å². The molecule has 0 aliphatic rings. The summed E-state index contributed by atoms with van der Waals surface area (Å²) in [6.07, 6.45) is 0. The van der Waals surface area contributed by atoms with E-state index in [4.69, 9.17) is 0 Å². The molecular formula is C14H15BrN2. The molecule has 2 nitrogen and oxygen atoms in total. The number of aromatic nitrogens is 1. The Morgan fingerprint density at radius 3 is 2.71 bits per heavy atom. The lowest BCUT2D eigenvalue weighted by molar-refractivity contribution is 1.01. The molecule has 0 amide bonds. The van der Waals surface area contributed by atoms with Crippen LogP contribution in [0.3, 0.4) is 0 Å². The van der Waals surface area contributed by atoms with Gasteiger partial charge >= 0.3 is 0 Å². The Balaban J connectivity index is 2.05. The number of anilines is 1. The molecule has 17 heavy (non-hydrogen) atoms. The zero-order valence-electron chi connectivity index (χ0n) is 10.00. The molecule has 0 radical (unpaired) electrons. The molecular weight excluding hydrogens is 276 g/mol. The zero-order chi connectivity index (χ0) is 12.3. The van der Waals surface area contributed by atoms with Gasteiger partial charge in [-0.3, -0.25) is 4.98 Å². The zero-order valence-corrected chi connectivity index (χ0v) is 11.6. The van der Waals surface area contributed by atoms with Crippen LogP contribution in [0.15, 0.2) is 40.9 Å². The van der Waals surface area contributed by atoms with Crippen LogP contribution in [0.25, 0.3) is 0 Å². The highest BCUT2D eigenvalue weighted by atomic mass is 79.9. The molecule has 2 rings (SSSR count). The van der Waals surface area contributed by atoms with Crippen LogP contribution in [0.2, 0.25) is 0 Å². The molecule has 0 aliphatic heterocycles. The summed E-state index contributed by atoms with van der Waals surface area (Å²) < 4.78 is 1.14. The third-order valence-electron chi connectivity index (χ3n) is 2.58. The van der Waals surface area contributed by atoms with Crippen molar-refractivity contribution in [1.29, 1.82) is 0 Å². The molecule has 88 valence electrons. The fourth-order valence-corrected chi connectivity index (χ4v) is 1.89. The van der Waals surface area contributed by atoms with Gasteiger partial charge in [0.2, 0.25) is 0 Å². The quantitative estimate of drug-likeness (QED) is 0.922. The first-order valence-corrected chi connectivity index (χ1v) is 6.37. The second-order valence-electron chi connectivity index (χ2n) is 4.09. The molecule has 0 saturated heterocycles. The summed E-state index contributed by atoms with van der Waals surface area (Å²) in [7, 11) is 0. The smallest absolute Gasteiger partial charge is 0.0597 e. The van der Waals surface area contributed by atoms with Crippen molar-refractivity contribution >= 4 is 21.6 Å². The normalized spacial score (nSPS) is 10.3. The Bertz CT molecular complexity index is 523. The van der Waals surface area contributed by atoms with Crippen LogP contribution in [-0.2, 0) is 6.54 Å². The number of benzene rings is 1. The lowest BCUT2D eigenvalue weighted by Crippen LogP contribution is -2.02. The second-order valence-corrected chi connectivity index (χ2v) is 4.94. The number of pyridine rings is 1. The highest BCUT2D eigenvalue weighted by molar-refractivity contribution is 9.10. The van der Waals surface area contributed by atoms with E-state index in [1.807, 2.05) is 25.1 Å². The molecule has 0 atom stereocenters. The Morgan fingerprint density at radius 2 is 2.00 bits per heavy atom. The summed E-state index contributed by atoms with van der Waals surface area (Å²) >= 11 is 3.49. The van der Waals surface area contributed by atoms with Crippen LogP contribution < -0.4 is 5.32 Å². The number of hydrogen-bond acceptors (Lipinski definition) is 2. The summed E-state index contributed by atoms with van der Waals surface area (Å²) in [5.41, 5.74) is 4.46. The molecule has 1 aromatic carbocycles. The minimum atomic E-state index is 0.753. The van der Waals surface area contributed by atoms with Crippen molar-refractivity contribution < 1.29 is 0 Å². The van der Waals surface area contributed by atoms with E-state index in [0.717, 1.165) is 28.1 Å². The van der Waals surface area contributed by atoms with E-state index in [9.17, 15) is 0 Å². The van der Waals surface area contributed by atoms with Gasteiger partial charge in [-0.25, -0.2) is 0 Å². The van der Waals surface area contributed by atoms with Gasteiger partial charge in [0.1, 0.15) is 0 Å². The summed E-state index contributed by atoms with van der Waals surface area (Å²) in [6, 6.07) is 12.3. The van der Waals surface area contributed by atoms with E-state index < -0.39 is 0 Å². The minimum absolute atomic E-state index is 0.753. The van der Waals surface area contributed by atoms with E-state index in [1.165, 1.54) is 5.56 Å². The Morgan fingerprint density at radius 1 is 1.18 bits per heavy atom. The van der Waals surface area contributed by atoms with Crippen LogP contribution in [0.5, 0.6) is 0 Å². The first-order valence-electron chi connectivity index (χ1n) is 5.58. The van der Waals surface area contributed by atoms with E-state index in [-0.39, 0.29) is 0 Å². The number of nitrogens with zero attached hydrogens (tertiary/aromatic N) is 1. The third kappa shape index (κ3) is 3.30. The van der Waals surface area contributed by atoms with Crippen molar-refractivity contribution in [2.24, 2.45) is 0 Å². The largest absolute Gasteiger partial charge is 0.379 e. The molecule has 0 bridgehead atoms. The highest BCUT2D eigenvalue weighted by Gasteiger charge is 1.98. The molecule has 1 heterocycles. The molecule has 2 aromatic rings. The van der Waals surface area contributed by atoms with E-state index in [1.54, 1.807) is 0 Å². The van der Waals surface area contributed by atoms with Crippen molar-refractivity contribution in [1.82, 2.24) is 4.98 Å². The van der Waals surface area contributed by atoms with Gasteiger partial charge in [-0.1, -0.05) is 22.0 Å². The van der Waals surface area contributed by atoms with Gasteiger partial charge in [-0.15, -0.1) is 0 Å². The van der Waals surface area contributed by atoms with Crippen molar-refractivity contribution in [3.8, 4) is 0 Å². The van der Waals surface area contributed by atoms with Crippen LogP contribution in [0.4, 0.5) is 5.69 Å². The number of rotatable bonds is 3. The molecule has 0 aliphatic carbocycles. The van der Waals surface area contributed by atoms with Crippen molar-refractivity contribution in [3.05, 3.63) is 57.8 Å². The molecule has 3 heteroatoms. The Hall–Kier alpha value is -1.35. The van der Waals surface area contributed by atoms with Gasteiger partial charge in [0.15, 0.2) is 0 Å². The van der Waals surface area contributed by atoms with Crippen LogP contribution >= 0.6 is 15.9 Å². The van der Waals surface area contributed by atoms with E-state index in [0.29, 0.717) is 0 Å². The predicted molar refractivity (Wildman–Crippen MR) is 75.2 cm³/mol. The fourth-order valence-electron chi connectivity index (χ4n) is 1.65. The highest BCUT2D eigenvalue weighted by Crippen LogP contribution is 2.20. The first kappa shape index (κ1) is 12.1. The average Bonchev–Trinajstić information content (AvgIpc) is 2.31. The lowest BCUT2D eigenvalue weighted by atomic mass is 10.2. The maximum absolute atomic E-state index is 4.46. The summed E-state index contributed by atoms with van der Waals surface area (Å²) in [5, 5.41) is 3.37. The molecule has 0 fully saturated rings. The number of halogens is 1. The molecule has 0 saturated carbocycles. The van der Waals surface area contributed by atoms with E-state index in [2.05, 4.69) is 51.4 Å². The lowest BCUT2D eigenvalue weighted by Gasteiger charge is -2.08. The van der Waals surface area contributed by atoms with Gasteiger partial charge in [-0.2, -0.15) is 0 Å². The summed E-state index contributed by atoms with van der Waals surface area (Å²) in [5.74, 6) is 0. The molecule has 0 spiro atoms. The van der Waals surface area contributed by atoms with E-state index >= 15 is 0 Å². The number of nitrogens with one attached hydrogen (secondary N) is 1. The Kier molecular flexibility index (Phi) is 3.79. The monoisotopic (exact) mass is 290 g/mol. The summed E-state index contributed by atoms with van der Waals surface area (Å²) in [6.45, 7) is 4.84. The Labute approximate surface area is 110 Å². The van der Waals surface area contributed by atoms with Crippen molar-refractivity contribution in [2.45, 2.75) is 20.4 Å². The minimum Gasteiger partial charge on any atom is -0.379 e. The topological polar surface area (TPSA) is 24.9 Å². The first-order chi connectivity index (χ1) is 8.15. The standard InChI is InChI=1S/C14H15BrN2/c1-10-8-12(6-7-14(10)15)16-9-13-5-3-4-11(2)17-13/h3-8,16H,9H2,1-2H3. The SMILES string of the molecule is Cc1cccc(CNc2ccc(Br)c(C)c2)n1. The number of hydrogen-bond donors (Lipinski definition) is 1. The molecule has 1 N–H and O–H groups in total. The van der Waals surface area contributed by atoms with Crippen molar-refractivity contribution in [2.75, 3.05) is 5.32 Å². The van der Waals surface area contributed by atoms with Crippen LogP contribution in [-0.4, -0.2) is 4.98 Å². The van der Waals surface area contributed by atoms with Gasteiger partial charge in [0.05, 0.1) is 12.2 Å². The fraction of sp³-hybridized carbons (Fsp3) is 0.214. The maximum atomic E-state index is 4.46. The third-order valence-corrected chi connectivity index (χ3v) is 3.47. The molecule has 1 aromatic heterocycles. The number of aryl methyl sites for hydroxylation is 2. The van der Waals surface area contributed by atoms with Gasteiger partial charge in [0.25, 0.3) is 0 Å². The second kappa shape index (κ2) is 5.32. The van der Waals surface area contributed by atoms with Gasteiger partial charge in [-0.05, 0) is 49.7 Å². The summed E-state index contributed by atoms with van der Waals surface area (Å²) in [4.78, 5) is 4.46. The molecule has 0 unspecified atom stereocenters. The predicted octanol–water partition coefficient (Wildman–Crippen LogP) is 4.07. The average molecular weight is 291 g/mol. The van der Waals surface area contributed by atoms with Gasteiger partial charge < -0.3 is 5.32 Å². The maximum Gasteiger partial charge on any atom is 0.0597 e. The van der Waals surface area contributed by atoms with Crippen molar-refractivity contribution in [3.63, 3.8) is 0 Å².